The summed E-state index contributed by atoms with van der Waals surface area (Å²) in [4.78, 5) is 25.6. The van der Waals surface area contributed by atoms with Gasteiger partial charge in [-0.05, 0) is 24.6 Å². The van der Waals surface area contributed by atoms with Crippen LogP contribution in [0.5, 0.6) is 0 Å². The van der Waals surface area contributed by atoms with Crippen LogP contribution in [0, 0.1) is 0 Å². The lowest BCUT2D eigenvalue weighted by molar-refractivity contribution is 0.582. The zero-order valence-corrected chi connectivity index (χ0v) is 12.6. The lowest BCUT2D eigenvalue weighted by Gasteiger charge is -2.26. The first kappa shape index (κ1) is 14.8. The van der Waals surface area contributed by atoms with E-state index in [-0.39, 0.29) is 11.9 Å². The third kappa shape index (κ3) is 2.67. The van der Waals surface area contributed by atoms with Crippen molar-refractivity contribution in [3.8, 4) is 0 Å². The predicted octanol–water partition coefficient (Wildman–Crippen LogP) is 0.259. The Balaban J connectivity index is 2.48. The Morgan fingerprint density at radius 3 is 2.57 bits per heavy atom. The lowest BCUT2D eigenvalue weighted by Crippen LogP contribution is -2.42. The van der Waals surface area contributed by atoms with Gasteiger partial charge in [-0.15, -0.1) is 5.10 Å². The first-order valence-corrected chi connectivity index (χ1v) is 6.55. The highest BCUT2D eigenvalue weighted by Crippen LogP contribution is 2.22. The van der Waals surface area contributed by atoms with Crippen molar-refractivity contribution in [2.24, 2.45) is 14.1 Å². The molecule has 1 aromatic carbocycles. The topological polar surface area (TPSA) is 86.2 Å². The Morgan fingerprint density at radius 1 is 1.29 bits per heavy atom. The van der Waals surface area contributed by atoms with Gasteiger partial charge >= 0.3 is 5.69 Å². The maximum absolute atomic E-state index is 12.2. The van der Waals surface area contributed by atoms with Crippen LogP contribution in [0.1, 0.15) is 18.5 Å². The van der Waals surface area contributed by atoms with Crippen molar-refractivity contribution in [1.82, 2.24) is 14.3 Å². The molecule has 0 amide bonds. The number of hydrogen-bond acceptors (Lipinski definition) is 5. The van der Waals surface area contributed by atoms with Crippen LogP contribution in [0.4, 0.5) is 11.5 Å². The smallest absolute Gasteiger partial charge is 0.346 e. The molecule has 1 atom stereocenters. The van der Waals surface area contributed by atoms with Crippen molar-refractivity contribution in [1.29, 1.82) is 0 Å². The van der Waals surface area contributed by atoms with Crippen LogP contribution in [0.3, 0.4) is 0 Å². The number of nitrogens with zero attached hydrogens (tertiary/aromatic N) is 4. The van der Waals surface area contributed by atoms with Crippen molar-refractivity contribution in [2.75, 3.05) is 17.7 Å². The Morgan fingerprint density at radius 2 is 1.95 bits per heavy atom. The second-order valence-corrected chi connectivity index (χ2v) is 5.05. The molecule has 1 unspecified atom stereocenters. The summed E-state index contributed by atoms with van der Waals surface area (Å²) in [5.41, 5.74) is 6.55. The van der Waals surface area contributed by atoms with Gasteiger partial charge in [0.2, 0.25) is 5.82 Å². The van der Waals surface area contributed by atoms with Crippen molar-refractivity contribution >= 4 is 11.5 Å². The second-order valence-electron chi connectivity index (χ2n) is 5.05. The van der Waals surface area contributed by atoms with Crippen LogP contribution in [0.2, 0.25) is 0 Å². The highest BCUT2D eigenvalue weighted by Gasteiger charge is 2.19. The molecule has 1 heterocycles. The fourth-order valence-corrected chi connectivity index (χ4v) is 2.13. The molecular weight excluding hydrogens is 270 g/mol. The van der Waals surface area contributed by atoms with Gasteiger partial charge in [0.25, 0.3) is 5.56 Å². The molecule has 0 bridgehead atoms. The van der Waals surface area contributed by atoms with Gasteiger partial charge in [-0.1, -0.05) is 12.1 Å². The number of benzene rings is 1. The minimum atomic E-state index is -0.450. The molecule has 0 radical (unpaired) electrons. The molecule has 0 saturated heterocycles. The van der Waals surface area contributed by atoms with Crippen LogP contribution < -0.4 is 21.9 Å². The number of anilines is 2. The van der Waals surface area contributed by atoms with Gasteiger partial charge in [-0.2, -0.15) is 0 Å². The molecule has 2 rings (SSSR count). The second kappa shape index (κ2) is 5.43. The first-order chi connectivity index (χ1) is 9.82. The molecule has 7 heteroatoms. The van der Waals surface area contributed by atoms with Crippen LogP contribution in [0.25, 0.3) is 0 Å². The number of nitrogen functional groups attached to an aromatic ring is 1. The molecule has 0 fully saturated rings. The maximum atomic E-state index is 12.2. The van der Waals surface area contributed by atoms with E-state index < -0.39 is 11.2 Å². The molecule has 0 aliphatic carbocycles. The molecule has 0 aliphatic heterocycles. The maximum Gasteiger partial charge on any atom is 0.346 e. The Kier molecular flexibility index (Phi) is 3.84. The lowest BCUT2D eigenvalue weighted by atomic mass is 10.1. The van der Waals surface area contributed by atoms with E-state index in [0.29, 0.717) is 5.69 Å². The summed E-state index contributed by atoms with van der Waals surface area (Å²) >= 11 is 0. The van der Waals surface area contributed by atoms with Crippen LogP contribution in [0.15, 0.2) is 33.9 Å². The number of hydrogen-bond donors (Lipinski definition) is 1. The summed E-state index contributed by atoms with van der Waals surface area (Å²) in [6, 6.07) is 7.35. The third-order valence-electron chi connectivity index (χ3n) is 3.61. The summed E-state index contributed by atoms with van der Waals surface area (Å²) in [5.74, 6) is 0.217. The van der Waals surface area contributed by atoms with Crippen molar-refractivity contribution in [2.45, 2.75) is 13.0 Å². The largest absolute Gasteiger partial charge is 0.399 e. The molecule has 0 spiro atoms. The Labute approximate surface area is 122 Å². The minimum Gasteiger partial charge on any atom is -0.399 e. The molecule has 2 N–H and O–H groups in total. The summed E-state index contributed by atoms with van der Waals surface area (Å²) in [6.07, 6.45) is 0. The van der Waals surface area contributed by atoms with E-state index in [1.54, 1.807) is 18.0 Å². The number of nitrogens with two attached hydrogens (primary N) is 1. The fourth-order valence-electron chi connectivity index (χ4n) is 2.13. The van der Waals surface area contributed by atoms with Gasteiger partial charge in [0.1, 0.15) is 0 Å². The number of aromatic nitrogens is 3. The third-order valence-corrected chi connectivity index (χ3v) is 3.61. The van der Waals surface area contributed by atoms with E-state index in [1.807, 2.05) is 25.1 Å². The van der Waals surface area contributed by atoms with E-state index in [1.165, 1.54) is 14.1 Å². The molecular formula is C14H19N5O2. The zero-order valence-electron chi connectivity index (χ0n) is 12.6. The normalized spacial score (nSPS) is 12.2. The molecule has 2 aromatic rings. The van der Waals surface area contributed by atoms with E-state index in [4.69, 9.17) is 5.73 Å². The molecule has 7 nitrogen and oxygen atoms in total. The summed E-state index contributed by atoms with van der Waals surface area (Å²) in [7, 11) is 4.72. The first-order valence-electron chi connectivity index (χ1n) is 6.55. The number of rotatable bonds is 3. The Bertz CT molecular complexity index is 778. The van der Waals surface area contributed by atoms with Crippen LogP contribution in [-0.4, -0.2) is 21.4 Å². The van der Waals surface area contributed by atoms with Crippen LogP contribution >= 0.6 is 0 Å². The van der Waals surface area contributed by atoms with E-state index in [2.05, 4.69) is 5.10 Å². The van der Waals surface area contributed by atoms with Gasteiger partial charge in [-0.3, -0.25) is 9.36 Å². The van der Waals surface area contributed by atoms with Gasteiger partial charge in [0.05, 0.1) is 6.04 Å². The zero-order chi connectivity index (χ0) is 15.7. The van der Waals surface area contributed by atoms with Gasteiger partial charge in [0, 0.05) is 26.8 Å². The minimum absolute atomic E-state index is 0.105. The number of aryl methyl sites for hydroxylation is 1. The predicted molar refractivity (Wildman–Crippen MR) is 82.4 cm³/mol. The monoisotopic (exact) mass is 289 g/mol. The molecule has 21 heavy (non-hydrogen) atoms. The highest BCUT2D eigenvalue weighted by molar-refractivity contribution is 5.45. The van der Waals surface area contributed by atoms with Gasteiger partial charge in [0.15, 0.2) is 0 Å². The van der Waals surface area contributed by atoms with Crippen molar-refractivity contribution in [3.63, 3.8) is 0 Å². The van der Waals surface area contributed by atoms with Gasteiger partial charge in [-0.25, -0.2) is 9.48 Å². The molecule has 0 saturated carbocycles. The quantitative estimate of drug-likeness (QED) is 0.819. The Hall–Kier alpha value is -2.57. The summed E-state index contributed by atoms with van der Waals surface area (Å²) < 4.78 is 2.20. The van der Waals surface area contributed by atoms with Gasteiger partial charge < -0.3 is 10.6 Å². The van der Waals surface area contributed by atoms with Crippen LogP contribution in [-0.2, 0) is 14.1 Å². The SMILES string of the molecule is CC(c1cccc(N)c1)N(C)c1nn(C)c(=O)n(C)c1=O. The van der Waals surface area contributed by atoms with Crippen molar-refractivity contribution in [3.05, 3.63) is 50.7 Å². The van der Waals surface area contributed by atoms with E-state index >= 15 is 0 Å². The molecule has 0 aliphatic rings. The van der Waals surface area contributed by atoms with Crippen molar-refractivity contribution < 1.29 is 0 Å². The average Bonchev–Trinajstić information content (AvgIpc) is 2.47. The standard InChI is InChI=1S/C14H19N5O2/c1-9(10-6-5-7-11(15)8-10)17(2)12-13(20)18(3)14(21)19(4)16-12/h5-9H,15H2,1-4H3. The summed E-state index contributed by atoms with van der Waals surface area (Å²) in [5, 5.41) is 4.07. The van der Waals surface area contributed by atoms with E-state index in [0.717, 1.165) is 14.8 Å². The fraction of sp³-hybridized carbons (Fsp3) is 0.357. The average molecular weight is 289 g/mol. The molecule has 1 aromatic heterocycles. The highest BCUT2D eigenvalue weighted by atomic mass is 16.2. The summed E-state index contributed by atoms with van der Waals surface area (Å²) in [6.45, 7) is 1.95. The molecule has 112 valence electrons. The van der Waals surface area contributed by atoms with E-state index in [9.17, 15) is 9.59 Å².